The largest absolute Gasteiger partial charge is 0.464 e. The first kappa shape index (κ1) is 20.4. The van der Waals surface area contributed by atoms with Crippen molar-refractivity contribution in [1.82, 2.24) is 0 Å². The van der Waals surface area contributed by atoms with Gasteiger partial charge >= 0.3 is 5.97 Å². The van der Waals surface area contributed by atoms with E-state index in [1.54, 1.807) is 0 Å². The number of carbonyl (C=O) groups excluding carboxylic acids is 1. The molecule has 0 spiro atoms. The monoisotopic (exact) mass is 300 g/mol. The van der Waals surface area contributed by atoms with Crippen LogP contribution in [0.15, 0.2) is 0 Å². The van der Waals surface area contributed by atoms with E-state index in [0.717, 1.165) is 12.8 Å². The summed E-state index contributed by atoms with van der Waals surface area (Å²) in [5.41, 5.74) is 0. The van der Waals surface area contributed by atoms with E-state index in [9.17, 15) is 4.79 Å². The van der Waals surface area contributed by atoms with E-state index < -0.39 is 0 Å². The zero-order chi connectivity index (χ0) is 15.6. The summed E-state index contributed by atoms with van der Waals surface area (Å²) in [4.78, 5) is 11.0. The smallest absolute Gasteiger partial charge is 0.332 e. The second-order valence-electron chi connectivity index (χ2n) is 5.90. The number of ether oxygens (including phenoxy) is 2. The van der Waals surface area contributed by atoms with Crippen molar-refractivity contribution >= 4 is 5.97 Å². The molecular formula is C18H36O3. The molecule has 126 valence electrons. The van der Waals surface area contributed by atoms with Gasteiger partial charge in [-0.25, -0.2) is 4.79 Å². The van der Waals surface area contributed by atoms with Gasteiger partial charge in [-0.2, -0.15) is 0 Å². The van der Waals surface area contributed by atoms with E-state index in [-0.39, 0.29) is 12.6 Å². The highest BCUT2D eigenvalue weighted by atomic mass is 16.6. The molecule has 0 aromatic heterocycles. The predicted molar refractivity (Wildman–Crippen MR) is 88.5 cm³/mol. The zero-order valence-corrected chi connectivity index (χ0v) is 14.3. The van der Waals surface area contributed by atoms with E-state index in [2.05, 4.69) is 6.92 Å². The first-order valence-corrected chi connectivity index (χ1v) is 8.95. The molecule has 0 heterocycles. The minimum atomic E-state index is -0.253. The van der Waals surface area contributed by atoms with Crippen LogP contribution in [-0.2, 0) is 14.3 Å². The summed E-state index contributed by atoms with van der Waals surface area (Å²) in [6.07, 6.45) is 17.3. The highest BCUT2D eigenvalue weighted by Crippen LogP contribution is 2.12. The minimum absolute atomic E-state index is 0.0679. The van der Waals surface area contributed by atoms with Crippen molar-refractivity contribution < 1.29 is 14.3 Å². The maximum Gasteiger partial charge on any atom is 0.332 e. The third kappa shape index (κ3) is 17.4. The molecule has 21 heavy (non-hydrogen) atoms. The number of carbonyl (C=O) groups is 1. The average molecular weight is 300 g/mol. The molecule has 0 bridgehead atoms. The zero-order valence-electron chi connectivity index (χ0n) is 14.3. The molecule has 0 aromatic rings. The summed E-state index contributed by atoms with van der Waals surface area (Å²) in [6, 6.07) is 0. The van der Waals surface area contributed by atoms with Crippen molar-refractivity contribution in [3.8, 4) is 0 Å². The molecule has 0 rings (SSSR count). The molecular weight excluding hydrogens is 264 g/mol. The van der Waals surface area contributed by atoms with Gasteiger partial charge in [-0.15, -0.1) is 0 Å². The maximum atomic E-state index is 11.0. The molecule has 3 heteroatoms. The fourth-order valence-electron chi connectivity index (χ4n) is 2.47. The van der Waals surface area contributed by atoms with Crippen LogP contribution in [0.5, 0.6) is 0 Å². The van der Waals surface area contributed by atoms with Crippen LogP contribution >= 0.6 is 0 Å². The molecule has 0 unspecified atom stereocenters. The Morgan fingerprint density at radius 2 is 1.14 bits per heavy atom. The van der Waals surface area contributed by atoms with Gasteiger partial charge in [0.1, 0.15) is 6.61 Å². The van der Waals surface area contributed by atoms with Crippen LogP contribution < -0.4 is 0 Å². The summed E-state index contributed by atoms with van der Waals surface area (Å²) >= 11 is 0. The number of rotatable bonds is 16. The molecule has 0 atom stereocenters. The number of methoxy groups -OCH3 is 1. The lowest BCUT2D eigenvalue weighted by Crippen LogP contribution is -2.11. The van der Waals surface area contributed by atoms with E-state index in [0.29, 0.717) is 6.61 Å². The second-order valence-corrected chi connectivity index (χ2v) is 5.90. The van der Waals surface area contributed by atoms with Gasteiger partial charge in [0, 0.05) is 7.11 Å². The lowest BCUT2D eigenvalue weighted by atomic mass is 10.0. The highest BCUT2D eigenvalue weighted by Gasteiger charge is 2.00. The predicted octanol–water partition coefficient (Wildman–Crippen LogP) is 5.27. The van der Waals surface area contributed by atoms with E-state index >= 15 is 0 Å². The highest BCUT2D eigenvalue weighted by molar-refractivity contribution is 5.70. The van der Waals surface area contributed by atoms with Crippen LogP contribution in [0.25, 0.3) is 0 Å². The van der Waals surface area contributed by atoms with Crippen LogP contribution in [0.2, 0.25) is 0 Å². The fraction of sp³-hybridized carbons (Fsp3) is 0.944. The molecule has 0 aliphatic carbocycles. The molecule has 0 radical (unpaired) electrons. The summed E-state index contributed by atoms with van der Waals surface area (Å²) in [7, 11) is 1.51. The van der Waals surface area contributed by atoms with Crippen molar-refractivity contribution in [2.75, 3.05) is 20.3 Å². The van der Waals surface area contributed by atoms with Crippen molar-refractivity contribution in [3.63, 3.8) is 0 Å². The first-order valence-electron chi connectivity index (χ1n) is 8.95. The number of esters is 1. The fourth-order valence-corrected chi connectivity index (χ4v) is 2.47. The van der Waals surface area contributed by atoms with E-state index in [1.165, 1.54) is 77.7 Å². The Morgan fingerprint density at radius 1 is 0.714 bits per heavy atom. The second kappa shape index (κ2) is 17.5. The van der Waals surface area contributed by atoms with Crippen LogP contribution in [-0.4, -0.2) is 26.3 Å². The lowest BCUT2D eigenvalue weighted by Gasteiger charge is -2.04. The molecule has 0 fully saturated rings. The molecule has 0 aromatic carbocycles. The molecule has 0 amide bonds. The van der Waals surface area contributed by atoms with Crippen LogP contribution in [0.4, 0.5) is 0 Å². The number of unbranched alkanes of at least 4 members (excludes halogenated alkanes) is 12. The van der Waals surface area contributed by atoms with Gasteiger partial charge in [0.25, 0.3) is 0 Å². The Morgan fingerprint density at radius 3 is 1.57 bits per heavy atom. The van der Waals surface area contributed by atoms with Gasteiger partial charge in [0.2, 0.25) is 0 Å². The van der Waals surface area contributed by atoms with Crippen LogP contribution in [0.3, 0.4) is 0 Å². The van der Waals surface area contributed by atoms with Crippen molar-refractivity contribution in [3.05, 3.63) is 0 Å². The van der Waals surface area contributed by atoms with Crippen molar-refractivity contribution in [1.29, 1.82) is 0 Å². The van der Waals surface area contributed by atoms with E-state index in [1.807, 2.05) is 0 Å². The minimum Gasteiger partial charge on any atom is -0.464 e. The average Bonchev–Trinajstić information content (AvgIpc) is 2.48. The third-order valence-electron chi connectivity index (χ3n) is 3.77. The first-order chi connectivity index (χ1) is 10.3. The van der Waals surface area contributed by atoms with Crippen LogP contribution in [0.1, 0.15) is 90.4 Å². The SMILES string of the molecule is CCCCCCCCCCCCCCCOC(=O)COC. The summed E-state index contributed by atoms with van der Waals surface area (Å²) in [6.45, 7) is 2.88. The van der Waals surface area contributed by atoms with E-state index in [4.69, 9.17) is 9.47 Å². The topological polar surface area (TPSA) is 35.5 Å². The molecule has 0 saturated carbocycles. The quantitative estimate of drug-likeness (QED) is 0.288. The molecule has 0 N–H and O–H groups in total. The van der Waals surface area contributed by atoms with Crippen molar-refractivity contribution in [2.24, 2.45) is 0 Å². The molecule has 0 aliphatic rings. The van der Waals surface area contributed by atoms with Gasteiger partial charge in [-0.05, 0) is 6.42 Å². The third-order valence-corrected chi connectivity index (χ3v) is 3.77. The molecule has 0 saturated heterocycles. The molecule has 3 nitrogen and oxygen atoms in total. The van der Waals surface area contributed by atoms with Gasteiger partial charge < -0.3 is 9.47 Å². The number of hydrogen-bond donors (Lipinski definition) is 0. The number of hydrogen-bond acceptors (Lipinski definition) is 3. The summed E-state index contributed by atoms with van der Waals surface area (Å²) in [5.74, 6) is -0.253. The standard InChI is InChI=1S/C18H36O3/c1-3-4-5-6-7-8-9-10-11-12-13-14-15-16-21-18(19)17-20-2/h3-17H2,1-2H3. The van der Waals surface area contributed by atoms with Gasteiger partial charge in [-0.3, -0.25) is 0 Å². The van der Waals surface area contributed by atoms with Gasteiger partial charge in [0.05, 0.1) is 6.61 Å². The molecule has 0 aliphatic heterocycles. The maximum absolute atomic E-state index is 11.0. The Bertz CT molecular complexity index is 217. The summed E-state index contributed by atoms with van der Waals surface area (Å²) in [5, 5.41) is 0. The lowest BCUT2D eigenvalue weighted by molar-refractivity contribution is -0.148. The Labute approximate surface area is 131 Å². The van der Waals surface area contributed by atoms with Gasteiger partial charge in [-0.1, -0.05) is 84.0 Å². The van der Waals surface area contributed by atoms with Crippen LogP contribution in [0, 0.1) is 0 Å². The summed E-state index contributed by atoms with van der Waals surface area (Å²) < 4.78 is 9.72. The Kier molecular flexibility index (Phi) is 17.0. The Balaban J connectivity index is 3.01. The Hall–Kier alpha value is -0.570. The van der Waals surface area contributed by atoms with Gasteiger partial charge in [0.15, 0.2) is 0 Å². The van der Waals surface area contributed by atoms with Crippen molar-refractivity contribution in [2.45, 2.75) is 90.4 Å². The normalized spacial score (nSPS) is 10.8.